The summed E-state index contributed by atoms with van der Waals surface area (Å²) in [5.74, 6) is 0. The van der Waals surface area contributed by atoms with Crippen LogP contribution >= 0.6 is 0 Å². The summed E-state index contributed by atoms with van der Waals surface area (Å²) in [6, 6.07) is 4.72. The first-order valence-corrected chi connectivity index (χ1v) is 7.43. The largest absolute Gasteiger partial charge is 0.403 e. The van der Waals surface area contributed by atoms with Crippen molar-refractivity contribution in [2.24, 2.45) is 0 Å². The third-order valence-corrected chi connectivity index (χ3v) is 4.39. The lowest BCUT2D eigenvalue weighted by Gasteiger charge is -2.36. The fourth-order valence-electron chi connectivity index (χ4n) is 2.81. The molecule has 0 spiro atoms. The third-order valence-electron chi connectivity index (χ3n) is 4.39. The van der Waals surface area contributed by atoms with Gasteiger partial charge in [-0.25, -0.2) is 0 Å². The molecule has 1 saturated heterocycles. The molecule has 1 heterocycles. The first-order chi connectivity index (χ1) is 9.79. The molecule has 1 aliphatic rings. The number of piperidine rings is 1. The van der Waals surface area contributed by atoms with Crippen molar-refractivity contribution in [3.63, 3.8) is 0 Å². The van der Waals surface area contributed by atoms with Gasteiger partial charge in [-0.05, 0) is 50.8 Å². The van der Waals surface area contributed by atoms with Crippen LogP contribution in [0, 0.1) is 13.8 Å². The van der Waals surface area contributed by atoms with Gasteiger partial charge in [0.05, 0.1) is 0 Å². The van der Waals surface area contributed by atoms with Gasteiger partial charge in [-0.1, -0.05) is 12.1 Å². The monoisotopic (exact) mass is 300 g/mol. The summed E-state index contributed by atoms with van der Waals surface area (Å²) in [4.78, 5) is 2.28. The number of hydrogen-bond acceptors (Lipinski definition) is 2. The summed E-state index contributed by atoms with van der Waals surface area (Å²) in [6.45, 7) is 6.97. The number of halogens is 3. The van der Waals surface area contributed by atoms with Gasteiger partial charge in [-0.2, -0.15) is 13.2 Å². The Morgan fingerprint density at radius 2 is 1.81 bits per heavy atom. The number of alkyl halides is 3. The molecule has 118 valence electrons. The highest BCUT2D eigenvalue weighted by molar-refractivity contribution is 5.56. The Morgan fingerprint density at radius 1 is 1.19 bits per heavy atom. The highest BCUT2D eigenvalue weighted by atomic mass is 19.4. The van der Waals surface area contributed by atoms with Gasteiger partial charge < -0.3 is 10.2 Å². The van der Waals surface area contributed by atoms with Crippen molar-refractivity contribution < 1.29 is 13.2 Å². The second-order valence-corrected chi connectivity index (χ2v) is 5.91. The third kappa shape index (κ3) is 3.90. The average Bonchev–Trinajstić information content (AvgIpc) is 2.42. The predicted octanol–water partition coefficient (Wildman–Crippen LogP) is 3.81. The molecule has 1 atom stereocenters. The first-order valence-electron chi connectivity index (χ1n) is 7.43. The molecule has 0 amide bonds. The van der Waals surface area contributed by atoms with Gasteiger partial charge in [0.2, 0.25) is 0 Å². The molecule has 1 N–H and O–H groups in total. The number of aryl methyl sites for hydroxylation is 1. The van der Waals surface area contributed by atoms with Gasteiger partial charge in [0, 0.05) is 24.8 Å². The predicted molar refractivity (Wildman–Crippen MR) is 79.8 cm³/mol. The topological polar surface area (TPSA) is 15.3 Å². The van der Waals surface area contributed by atoms with Crippen LogP contribution in [0.5, 0.6) is 0 Å². The van der Waals surface area contributed by atoms with E-state index in [1.807, 2.05) is 6.07 Å². The Morgan fingerprint density at radius 3 is 2.38 bits per heavy atom. The van der Waals surface area contributed by atoms with Crippen LogP contribution in [0.25, 0.3) is 0 Å². The van der Waals surface area contributed by atoms with Gasteiger partial charge in [-0.15, -0.1) is 0 Å². The van der Waals surface area contributed by atoms with Gasteiger partial charge in [0.25, 0.3) is 0 Å². The highest BCUT2D eigenvalue weighted by Gasteiger charge is 2.37. The zero-order valence-electron chi connectivity index (χ0n) is 12.8. The lowest BCUT2D eigenvalue weighted by Crippen LogP contribution is -2.50. The lowest BCUT2D eigenvalue weighted by atomic mass is 10.0. The smallest absolute Gasteiger partial charge is 0.371 e. The van der Waals surface area contributed by atoms with E-state index in [0.717, 1.165) is 25.9 Å². The minimum absolute atomic E-state index is 0.0528. The normalized spacial score (nSPS) is 18.9. The molecule has 2 nitrogen and oxygen atoms in total. The van der Waals surface area contributed by atoms with Gasteiger partial charge >= 0.3 is 6.18 Å². The summed E-state index contributed by atoms with van der Waals surface area (Å²) in [5.41, 5.74) is 3.71. The van der Waals surface area contributed by atoms with Gasteiger partial charge in [0.1, 0.15) is 6.04 Å². The second-order valence-electron chi connectivity index (χ2n) is 5.91. The van der Waals surface area contributed by atoms with Crippen LogP contribution in [0.4, 0.5) is 18.9 Å². The summed E-state index contributed by atoms with van der Waals surface area (Å²) < 4.78 is 37.7. The molecule has 1 fully saturated rings. The van der Waals surface area contributed by atoms with E-state index in [0.29, 0.717) is 0 Å². The van der Waals surface area contributed by atoms with Crippen LogP contribution in [0.15, 0.2) is 18.2 Å². The van der Waals surface area contributed by atoms with E-state index in [-0.39, 0.29) is 6.04 Å². The minimum Gasteiger partial charge on any atom is -0.371 e. The summed E-state index contributed by atoms with van der Waals surface area (Å²) in [5, 5.41) is 2.71. The Hall–Kier alpha value is -1.23. The molecule has 1 aliphatic heterocycles. The number of hydrogen-bond donors (Lipinski definition) is 1. The maximum atomic E-state index is 12.6. The van der Waals surface area contributed by atoms with Gasteiger partial charge in [0.15, 0.2) is 0 Å². The van der Waals surface area contributed by atoms with E-state index >= 15 is 0 Å². The maximum Gasteiger partial charge on any atom is 0.403 e. The van der Waals surface area contributed by atoms with E-state index < -0.39 is 12.2 Å². The number of rotatable bonds is 3. The molecule has 0 saturated carbocycles. The van der Waals surface area contributed by atoms with E-state index in [1.165, 1.54) is 23.7 Å². The van der Waals surface area contributed by atoms with E-state index in [9.17, 15) is 13.2 Å². The van der Waals surface area contributed by atoms with Crippen molar-refractivity contribution in [1.29, 1.82) is 0 Å². The Balaban J connectivity index is 1.93. The lowest BCUT2D eigenvalue weighted by molar-refractivity contribution is -0.153. The summed E-state index contributed by atoms with van der Waals surface area (Å²) in [6.07, 6.45) is -2.67. The molecule has 0 radical (unpaired) electrons. The van der Waals surface area contributed by atoms with Crippen LogP contribution in [-0.4, -0.2) is 31.3 Å². The Bertz CT molecular complexity index is 477. The number of nitrogens with zero attached hydrogens (tertiary/aromatic N) is 1. The molecular weight excluding hydrogens is 277 g/mol. The highest BCUT2D eigenvalue weighted by Crippen LogP contribution is 2.27. The van der Waals surface area contributed by atoms with Crippen LogP contribution in [0.3, 0.4) is 0 Å². The van der Waals surface area contributed by atoms with Crippen molar-refractivity contribution in [2.45, 2.75) is 51.9 Å². The van der Waals surface area contributed by atoms with Crippen molar-refractivity contribution >= 4 is 5.69 Å². The maximum absolute atomic E-state index is 12.6. The fourth-order valence-corrected chi connectivity index (χ4v) is 2.81. The molecule has 1 aromatic carbocycles. The fraction of sp³-hybridized carbons (Fsp3) is 0.625. The van der Waals surface area contributed by atoms with Crippen molar-refractivity contribution in [3.8, 4) is 0 Å². The molecule has 5 heteroatoms. The molecular formula is C16H23F3N2. The Labute approximate surface area is 124 Å². The first kappa shape index (κ1) is 16.1. The molecule has 0 aliphatic carbocycles. The minimum atomic E-state index is -4.16. The number of benzene rings is 1. The second kappa shape index (κ2) is 6.26. The van der Waals surface area contributed by atoms with Crippen LogP contribution in [0.2, 0.25) is 0 Å². The van der Waals surface area contributed by atoms with Crippen molar-refractivity contribution in [1.82, 2.24) is 5.32 Å². The zero-order chi connectivity index (χ0) is 15.6. The molecule has 0 aromatic heterocycles. The van der Waals surface area contributed by atoms with Crippen LogP contribution in [0.1, 0.15) is 30.9 Å². The molecule has 1 unspecified atom stereocenters. The van der Waals surface area contributed by atoms with Gasteiger partial charge in [-0.3, -0.25) is 0 Å². The Kier molecular flexibility index (Phi) is 4.81. The molecule has 1 aromatic rings. The average molecular weight is 300 g/mol. The molecule has 2 rings (SSSR count). The summed E-state index contributed by atoms with van der Waals surface area (Å²) in [7, 11) is 0. The van der Waals surface area contributed by atoms with E-state index in [1.54, 1.807) is 0 Å². The number of anilines is 1. The van der Waals surface area contributed by atoms with Crippen LogP contribution < -0.4 is 10.2 Å². The zero-order valence-corrected chi connectivity index (χ0v) is 12.8. The quantitative estimate of drug-likeness (QED) is 0.913. The van der Waals surface area contributed by atoms with Crippen molar-refractivity contribution in [2.75, 3.05) is 18.0 Å². The summed E-state index contributed by atoms with van der Waals surface area (Å²) >= 11 is 0. The SMILES string of the molecule is Cc1cccc(N2CCC(NC(C)C(F)(F)F)CC2)c1C. The number of nitrogens with one attached hydrogen (secondary N) is 1. The van der Waals surface area contributed by atoms with Crippen LogP contribution in [-0.2, 0) is 0 Å². The van der Waals surface area contributed by atoms with E-state index in [4.69, 9.17) is 0 Å². The standard InChI is InChI=1S/C16H23F3N2/c1-11-5-4-6-15(12(11)2)21-9-7-14(8-10-21)20-13(3)16(17,18)19/h4-6,13-14,20H,7-10H2,1-3H3. The molecule has 21 heavy (non-hydrogen) atoms. The molecule has 0 bridgehead atoms. The van der Waals surface area contributed by atoms with Crippen molar-refractivity contribution in [3.05, 3.63) is 29.3 Å². The van der Waals surface area contributed by atoms with E-state index in [2.05, 4.69) is 36.2 Å².